The quantitative estimate of drug-likeness (QED) is 0.918. The van der Waals surface area contributed by atoms with E-state index in [2.05, 4.69) is 20.9 Å². The van der Waals surface area contributed by atoms with Gasteiger partial charge in [0.05, 0.1) is 0 Å². The highest BCUT2D eigenvalue weighted by Gasteiger charge is 2.12. The minimum absolute atomic E-state index is 0.203. The third kappa shape index (κ3) is 4.00. The fraction of sp³-hybridized carbons (Fsp3) is 0.214. The second-order valence-electron chi connectivity index (χ2n) is 4.38. The maximum atomic E-state index is 13.7. The van der Waals surface area contributed by atoms with Gasteiger partial charge in [-0.15, -0.1) is 0 Å². The molecule has 2 N–H and O–H groups in total. The first-order valence-corrected chi connectivity index (χ1v) is 7.01. The van der Waals surface area contributed by atoms with Crippen molar-refractivity contribution >= 4 is 27.5 Å². The maximum Gasteiger partial charge on any atom is 0.127 e. The molecular formula is C14H13BrClFN2. The predicted molar refractivity (Wildman–Crippen MR) is 78.7 cm³/mol. The highest BCUT2D eigenvalue weighted by atomic mass is 79.9. The van der Waals surface area contributed by atoms with Crippen molar-refractivity contribution in [1.82, 2.24) is 4.98 Å². The molecule has 0 saturated heterocycles. The van der Waals surface area contributed by atoms with Crippen LogP contribution in [0.25, 0.3) is 0 Å². The summed E-state index contributed by atoms with van der Waals surface area (Å²) in [5, 5.41) is 0.419. The van der Waals surface area contributed by atoms with Crippen molar-refractivity contribution < 1.29 is 4.39 Å². The van der Waals surface area contributed by atoms with Gasteiger partial charge in [-0.25, -0.2) is 4.39 Å². The zero-order valence-corrected chi connectivity index (χ0v) is 12.5. The Balaban J connectivity index is 2.07. The first kappa shape index (κ1) is 14.4. The Labute approximate surface area is 124 Å². The van der Waals surface area contributed by atoms with Crippen LogP contribution in [0.1, 0.15) is 11.1 Å². The highest BCUT2D eigenvalue weighted by Crippen LogP contribution is 2.21. The van der Waals surface area contributed by atoms with Crippen molar-refractivity contribution in [2.45, 2.75) is 18.9 Å². The van der Waals surface area contributed by atoms with Gasteiger partial charge in [-0.2, -0.15) is 0 Å². The predicted octanol–water partition coefficient (Wildman–Crippen LogP) is 3.75. The molecule has 0 fully saturated rings. The number of aromatic nitrogens is 1. The van der Waals surface area contributed by atoms with Crippen LogP contribution in [-0.2, 0) is 12.8 Å². The molecule has 0 aliphatic rings. The summed E-state index contributed by atoms with van der Waals surface area (Å²) in [5.41, 5.74) is 7.54. The van der Waals surface area contributed by atoms with Crippen LogP contribution in [-0.4, -0.2) is 11.0 Å². The van der Waals surface area contributed by atoms with Gasteiger partial charge in [0.1, 0.15) is 5.82 Å². The van der Waals surface area contributed by atoms with Crippen molar-refractivity contribution in [2.75, 3.05) is 0 Å². The van der Waals surface area contributed by atoms with Gasteiger partial charge in [0, 0.05) is 33.5 Å². The Hall–Kier alpha value is -0.970. The fourth-order valence-electron chi connectivity index (χ4n) is 1.93. The average Bonchev–Trinajstić information content (AvgIpc) is 2.34. The monoisotopic (exact) mass is 342 g/mol. The summed E-state index contributed by atoms with van der Waals surface area (Å²) in [5.74, 6) is -0.310. The van der Waals surface area contributed by atoms with Gasteiger partial charge in [0.25, 0.3) is 0 Å². The number of hydrogen-bond acceptors (Lipinski definition) is 2. The van der Waals surface area contributed by atoms with Crippen LogP contribution in [0.2, 0.25) is 5.02 Å². The van der Waals surface area contributed by atoms with Gasteiger partial charge in [-0.1, -0.05) is 17.7 Å². The van der Waals surface area contributed by atoms with Crippen molar-refractivity contribution in [3.8, 4) is 0 Å². The van der Waals surface area contributed by atoms with E-state index in [0.29, 0.717) is 23.4 Å². The molecule has 2 aromatic rings. The zero-order valence-electron chi connectivity index (χ0n) is 10.1. The van der Waals surface area contributed by atoms with Gasteiger partial charge in [-0.05, 0) is 52.5 Å². The van der Waals surface area contributed by atoms with Crippen molar-refractivity contribution in [1.29, 1.82) is 0 Å². The topological polar surface area (TPSA) is 38.9 Å². The fourth-order valence-corrected chi connectivity index (χ4v) is 2.58. The van der Waals surface area contributed by atoms with Gasteiger partial charge >= 0.3 is 0 Å². The van der Waals surface area contributed by atoms with E-state index in [9.17, 15) is 4.39 Å². The molecule has 2 rings (SSSR count). The molecule has 0 amide bonds. The SMILES string of the molecule is NC(Cc1cncc(Br)c1)Cc1c(F)cccc1Cl. The lowest BCUT2D eigenvalue weighted by molar-refractivity contribution is 0.584. The summed E-state index contributed by atoms with van der Waals surface area (Å²) in [7, 11) is 0. The van der Waals surface area contributed by atoms with Gasteiger partial charge in [-0.3, -0.25) is 4.98 Å². The maximum absolute atomic E-state index is 13.7. The Bertz CT molecular complexity index is 557. The number of benzene rings is 1. The Morgan fingerprint density at radius 3 is 2.79 bits per heavy atom. The van der Waals surface area contributed by atoms with Crippen LogP contribution in [0.5, 0.6) is 0 Å². The molecule has 0 aliphatic carbocycles. The molecule has 100 valence electrons. The second kappa shape index (κ2) is 6.46. The van der Waals surface area contributed by atoms with E-state index in [4.69, 9.17) is 17.3 Å². The van der Waals surface area contributed by atoms with Gasteiger partial charge < -0.3 is 5.73 Å². The molecule has 19 heavy (non-hydrogen) atoms. The van der Waals surface area contributed by atoms with E-state index < -0.39 is 0 Å². The van der Waals surface area contributed by atoms with Crippen LogP contribution in [0.15, 0.2) is 41.1 Å². The highest BCUT2D eigenvalue weighted by molar-refractivity contribution is 9.10. The zero-order chi connectivity index (χ0) is 13.8. The minimum Gasteiger partial charge on any atom is -0.327 e. The molecule has 1 aromatic heterocycles. The van der Waals surface area contributed by atoms with Gasteiger partial charge in [0.2, 0.25) is 0 Å². The summed E-state index contributed by atoms with van der Waals surface area (Å²) in [6, 6.07) is 6.41. The second-order valence-corrected chi connectivity index (χ2v) is 5.70. The summed E-state index contributed by atoms with van der Waals surface area (Å²) >= 11 is 9.34. The van der Waals surface area contributed by atoms with Crippen molar-refractivity contribution in [3.05, 3.63) is 63.1 Å². The lowest BCUT2D eigenvalue weighted by atomic mass is 10.0. The lowest BCUT2D eigenvalue weighted by Crippen LogP contribution is -2.26. The van der Waals surface area contributed by atoms with Crippen LogP contribution in [0, 0.1) is 5.82 Å². The molecular weight excluding hydrogens is 331 g/mol. The normalized spacial score (nSPS) is 12.4. The summed E-state index contributed by atoms with van der Waals surface area (Å²) in [6.45, 7) is 0. The van der Waals surface area contributed by atoms with Crippen LogP contribution < -0.4 is 5.73 Å². The smallest absolute Gasteiger partial charge is 0.127 e. The number of hydrogen-bond donors (Lipinski definition) is 1. The third-order valence-electron chi connectivity index (χ3n) is 2.79. The van der Waals surface area contributed by atoms with Gasteiger partial charge in [0.15, 0.2) is 0 Å². The van der Waals surface area contributed by atoms with Crippen LogP contribution in [0.4, 0.5) is 4.39 Å². The van der Waals surface area contributed by atoms with E-state index in [-0.39, 0.29) is 11.9 Å². The number of nitrogens with zero attached hydrogens (tertiary/aromatic N) is 1. The number of nitrogens with two attached hydrogens (primary N) is 1. The largest absolute Gasteiger partial charge is 0.327 e. The molecule has 0 bridgehead atoms. The molecule has 1 aromatic carbocycles. The molecule has 2 nitrogen and oxygen atoms in total. The molecule has 1 atom stereocenters. The summed E-state index contributed by atoms with van der Waals surface area (Å²) < 4.78 is 14.6. The third-order valence-corrected chi connectivity index (χ3v) is 3.58. The number of pyridine rings is 1. The van der Waals surface area contributed by atoms with E-state index in [1.807, 2.05) is 6.07 Å². The number of halogens is 3. The first-order valence-electron chi connectivity index (χ1n) is 5.84. The Morgan fingerprint density at radius 2 is 2.11 bits per heavy atom. The molecule has 1 heterocycles. The summed E-state index contributed by atoms with van der Waals surface area (Å²) in [4.78, 5) is 4.08. The molecule has 0 aliphatic heterocycles. The Morgan fingerprint density at radius 1 is 1.32 bits per heavy atom. The Kier molecular flexibility index (Phi) is 4.91. The minimum atomic E-state index is -0.310. The van der Waals surface area contributed by atoms with E-state index >= 15 is 0 Å². The van der Waals surface area contributed by atoms with Crippen LogP contribution in [0.3, 0.4) is 0 Å². The number of rotatable bonds is 4. The molecule has 0 radical (unpaired) electrons. The molecule has 0 saturated carbocycles. The molecule has 5 heteroatoms. The standard InChI is InChI=1S/C14H13BrClFN2/c15-10-4-9(7-19-8-10)5-11(18)6-12-13(16)2-1-3-14(12)17/h1-4,7-8,11H,5-6,18H2. The van der Waals surface area contributed by atoms with Crippen molar-refractivity contribution in [3.63, 3.8) is 0 Å². The van der Waals surface area contributed by atoms with E-state index in [1.165, 1.54) is 6.07 Å². The van der Waals surface area contributed by atoms with Crippen LogP contribution >= 0.6 is 27.5 Å². The van der Waals surface area contributed by atoms with Crippen molar-refractivity contribution in [2.24, 2.45) is 5.73 Å². The lowest BCUT2D eigenvalue weighted by Gasteiger charge is -2.13. The molecule has 1 unspecified atom stereocenters. The van der Waals surface area contributed by atoms with E-state index in [1.54, 1.807) is 24.5 Å². The average molecular weight is 344 g/mol. The summed E-state index contributed by atoms with van der Waals surface area (Å²) in [6.07, 6.45) is 4.49. The van der Waals surface area contributed by atoms with E-state index in [0.717, 1.165) is 10.0 Å². The first-order chi connectivity index (χ1) is 9.06. The molecule has 0 spiro atoms.